The number of hydrogen-bond donors (Lipinski definition) is 2. The number of nitrogens with one attached hydrogen (secondary N) is 2. The van der Waals surface area contributed by atoms with E-state index < -0.39 is 0 Å². The zero-order chi connectivity index (χ0) is 12.6. The maximum Gasteiger partial charge on any atom is 0.221 e. The molecule has 0 saturated carbocycles. The fraction of sp³-hybridized carbons (Fsp3) is 0.917. The van der Waals surface area contributed by atoms with E-state index in [2.05, 4.69) is 45.3 Å². The minimum atomic E-state index is 0.0873. The molecule has 0 aromatic carbocycles. The third-order valence-electron chi connectivity index (χ3n) is 1.99. The molecule has 4 heteroatoms. The first-order valence-electron chi connectivity index (χ1n) is 5.97. The van der Waals surface area contributed by atoms with Gasteiger partial charge >= 0.3 is 0 Å². The first-order valence-corrected chi connectivity index (χ1v) is 7.12. The first-order chi connectivity index (χ1) is 7.35. The topological polar surface area (TPSA) is 41.1 Å². The molecule has 0 aromatic heterocycles. The summed E-state index contributed by atoms with van der Waals surface area (Å²) in [5, 5.41) is 6.30. The van der Waals surface area contributed by atoms with Crippen molar-refractivity contribution in [2.75, 3.05) is 18.1 Å². The number of carbonyl (C=O) groups is 1. The number of carbonyl (C=O) groups excluding carboxylic acids is 1. The molecule has 1 unspecified atom stereocenters. The lowest BCUT2D eigenvalue weighted by Crippen LogP contribution is -2.40. The van der Waals surface area contributed by atoms with E-state index in [1.54, 1.807) is 0 Å². The van der Waals surface area contributed by atoms with Gasteiger partial charge in [0, 0.05) is 30.3 Å². The Hall–Kier alpha value is -0.220. The summed E-state index contributed by atoms with van der Waals surface area (Å²) in [5.74, 6) is 2.24. The third-order valence-corrected chi connectivity index (χ3v) is 3.13. The van der Waals surface area contributed by atoms with Gasteiger partial charge in [-0.3, -0.25) is 4.79 Å². The molecule has 16 heavy (non-hydrogen) atoms. The van der Waals surface area contributed by atoms with Crippen LogP contribution in [0.2, 0.25) is 0 Å². The molecular formula is C12H26N2OS. The second-order valence-corrected chi connectivity index (χ2v) is 6.37. The van der Waals surface area contributed by atoms with E-state index in [1.165, 1.54) is 0 Å². The highest BCUT2D eigenvalue weighted by Gasteiger charge is 2.10. The fourth-order valence-electron chi connectivity index (χ4n) is 1.23. The molecule has 0 aliphatic rings. The predicted molar refractivity (Wildman–Crippen MR) is 73.0 cm³/mol. The highest BCUT2D eigenvalue weighted by atomic mass is 32.2. The number of thioether (sulfide) groups is 1. The summed E-state index contributed by atoms with van der Waals surface area (Å²) in [6.07, 6.45) is 0.554. The molecule has 1 amide bonds. The highest BCUT2D eigenvalue weighted by molar-refractivity contribution is 7.99. The molecule has 0 spiro atoms. The van der Waals surface area contributed by atoms with Crippen LogP contribution in [0.5, 0.6) is 0 Å². The highest BCUT2D eigenvalue weighted by Crippen LogP contribution is 2.01. The summed E-state index contributed by atoms with van der Waals surface area (Å²) in [6.45, 7) is 11.2. The van der Waals surface area contributed by atoms with Gasteiger partial charge in [0.1, 0.15) is 0 Å². The van der Waals surface area contributed by atoms with Crippen LogP contribution in [0.1, 0.15) is 41.0 Å². The molecule has 0 saturated heterocycles. The van der Waals surface area contributed by atoms with Gasteiger partial charge in [0.25, 0.3) is 0 Å². The lowest BCUT2D eigenvalue weighted by Gasteiger charge is -2.20. The molecule has 0 fully saturated rings. The van der Waals surface area contributed by atoms with E-state index >= 15 is 0 Å². The molecule has 0 rings (SSSR count). The van der Waals surface area contributed by atoms with Gasteiger partial charge in [-0.25, -0.2) is 0 Å². The Morgan fingerprint density at radius 1 is 1.38 bits per heavy atom. The summed E-state index contributed by atoms with van der Waals surface area (Å²) < 4.78 is 0. The smallest absolute Gasteiger partial charge is 0.221 e. The molecule has 0 radical (unpaired) electrons. The van der Waals surface area contributed by atoms with Gasteiger partial charge in [0.2, 0.25) is 5.91 Å². The zero-order valence-electron chi connectivity index (χ0n) is 11.2. The molecule has 1 atom stereocenters. The molecule has 3 nitrogen and oxygen atoms in total. The Morgan fingerprint density at radius 3 is 2.50 bits per heavy atom. The molecular weight excluding hydrogens is 220 g/mol. The third kappa shape index (κ3) is 10.3. The van der Waals surface area contributed by atoms with Crippen LogP contribution in [0.3, 0.4) is 0 Å². The van der Waals surface area contributed by atoms with Crippen LogP contribution in [-0.2, 0) is 4.79 Å². The maximum absolute atomic E-state index is 11.5. The molecule has 96 valence electrons. The molecule has 0 aromatic rings. The quantitative estimate of drug-likeness (QED) is 0.722. The van der Waals surface area contributed by atoms with Gasteiger partial charge in [0.15, 0.2) is 0 Å². The lowest BCUT2D eigenvalue weighted by molar-refractivity contribution is -0.121. The Kier molecular flexibility index (Phi) is 7.85. The Labute approximate surface area is 104 Å². The van der Waals surface area contributed by atoms with E-state index in [1.807, 2.05) is 11.8 Å². The van der Waals surface area contributed by atoms with Crippen LogP contribution < -0.4 is 10.6 Å². The van der Waals surface area contributed by atoms with Gasteiger partial charge in [0.05, 0.1) is 0 Å². The Bertz CT molecular complexity index is 202. The van der Waals surface area contributed by atoms with Crippen LogP contribution in [-0.4, -0.2) is 35.5 Å². The minimum Gasteiger partial charge on any atom is -0.353 e. The van der Waals surface area contributed by atoms with Crippen molar-refractivity contribution in [3.05, 3.63) is 0 Å². The zero-order valence-corrected chi connectivity index (χ0v) is 12.0. The largest absolute Gasteiger partial charge is 0.353 e. The maximum atomic E-state index is 11.5. The van der Waals surface area contributed by atoms with Crippen LogP contribution in [0.15, 0.2) is 0 Å². The Morgan fingerprint density at radius 2 is 2.00 bits per heavy atom. The standard InChI is InChI=1S/C12H26N2OS/c1-6-16-9-10(2)14-11(15)7-8-13-12(3,4)5/h10,13H,6-9H2,1-5H3,(H,14,15). The van der Waals surface area contributed by atoms with Gasteiger partial charge in [-0.1, -0.05) is 6.92 Å². The van der Waals surface area contributed by atoms with Crippen LogP contribution >= 0.6 is 11.8 Å². The van der Waals surface area contributed by atoms with Crippen molar-refractivity contribution in [1.82, 2.24) is 10.6 Å². The minimum absolute atomic E-state index is 0.0873. The monoisotopic (exact) mass is 246 g/mol. The van der Waals surface area contributed by atoms with Gasteiger partial charge in [-0.2, -0.15) is 11.8 Å². The summed E-state index contributed by atoms with van der Waals surface area (Å²) in [4.78, 5) is 11.5. The molecule has 0 aliphatic heterocycles. The van der Waals surface area contributed by atoms with Crippen molar-refractivity contribution in [2.24, 2.45) is 0 Å². The molecule has 0 bridgehead atoms. The van der Waals surface area contributed by atoms with E-state index in [-0.39, 0.29) is 17.5 Å². The first kappa shape index (κ1) is 15.8. The van der Waals surface area contributed by atoms with Gasteiger partial charge in [-0.15, -0.1) is 0 Å². The number of amides is 1. The second kappa shape index (κ2) is 7.96. The van der Waals surface area contributed by atoms with E-state index in [9.17, 15) is 4.79 Å². The van der Waals surface area contributed by atoms with Crippen molar-refractivity contribution < 1.29 is 4.79 Å². The molecule has 2 N–H and O–H groups in total. The van der Waals surface area contributed by atoms with Crippen LogP contribution in [0.4, 0.5) is 0 Å². The van der Waals surface area contributed by atoms with Crippen molar-refractivity contribution in [3.63, 3.8) is 0 Å². The molecule has 0 aliphatic carbocycles. The number of rotatable bonds is 7. The summed E-state index contributed by atoms with van der Waals surface area (Å²) in [5.41, 5.74) is 0.0873. The second-order valence-electron chi connectivity index (χ2n) is 5.05. The normalized spacial score (nSPS) is 13.6. The summed E-state index contributed by atoms with van der Waals surface area (Å²) in [7, 11) is 0. The van der Waals surface area contributed by atoms with E-state index in [0.717, 1.165) is 18.1 Å². The Balaban J connectivity index is 3.58. The lowest BCUT2D eigenvalue weighted by atomic mass is 10.1. The van der Waals surface area contributed by atoms with Gasteiger partial charge in [-0.05, 0) is 33.4 Å². The van der Waals surface area contributed by atoms with E-state index in [0.29, 0.717) is 6.42 Å². The predicted octanol–water partition coefficient (Wildman–Crippen LogP) is 2.02. The fourth-order valence-corrected chi connectivity index (χ4v) is 1.91. The van der Waals surface area contributed by atoms with Gasteiger partial charge < -0.3 is 10.6 Å². The van der Waals surface area contributed by atoms with Crippen molar-refractivity contribution in [2.45, 2.75) is 52.6 Å². The van der Waals surface area contributed by atoms with Crippen molar-refractivity contribution >= 4 is 17.7 Å². The van der Waals surface area contributed by atoms with Crippen LogP contribution in [0, 0.1) is 0 Å². The van der Waals surface area contributed by atoms with Crippen molar-refractivity contribution in [3.8, 4) is 0 Å². The van der Waals surface area contributed by atoms with E-state index in [4.69, 9.17) is 0 Å². The molecule has 0 heterocycles. The van der Waals surface area contributed by atoms with Crippen LogP contribution in [0.25, 0.3) is 0 Å². The summed E-state index contributed by atoms with van der Waals surface area (Å²) >= 11 is 1.86. The average Bonchev–Trinajstić information content (AvgIpc) is 2.12. The SMILES string of the molecule is CCSCC(C)NC(=O)CCNC(C)(C)C. The summed E-state index contributed by atoms with van der Waals surface area (Å²) in [6, 6.07) is 0.270. The average molecular weight is 246 g/mol. The van der Waals surface area contributed by atoms with Crippen molar-refractivity contribution in [1.29, 1.82) is 0 Å². The number of hydrogen-bond acceptors (Lipinski definition) is 3.